The molecule has 124 valence electrons. The van der Waals surface area contributed by atoms with Crippen molar-refractivity contribution in [1.29, 1.82) is 0 Å². The second-order valence-electron chi connectivity index (χ2n) is 6.22. The minimum atomic E-state index is -0.0664. The van der Waals surface area contributed by atoms with Gasteiger partial charge in [-0.2, -0.15) is 0 Å². The van der Waals surface area contributed by atoms with E-state index in [2.05, 4.69) is 21.8 Å². The van der Waals surface area contributed by atoms with Crippen molar-refractivity contribution >= 4 is 5.91 Å². The molecule has 5 nitrogen and oxygen atoms in total. The van der Waals surface area contributed by atoms with E-state index in [1.807, 2.05) is 6.20 Å². The smallest absolute Gasteiger partial charge is 0.245 e. The van der Waals surface area contributed by atoms with Crippen LogP contribution in [0.5, 0.6) is 0 Å². The van der Waals surface area contributed by atoms with Crippen molar-refractivity contribution in [3.63, 3.8) is 0 Å². The van der Waals surface area contributed by atoms with Crippen molar-refractivity contribution in [1.82, 2.24) is 14.9 Å². The lowest BCUT2D eigenvalue weighted by Gasteiger charge is -2.24. The molecule has 0 bridgehead atoms. The quantitative estimate of drug-likeness (QED) is 0.879. The lowest BCUT2D eigenvalue weighted by Crippen LogP contribution is -2.30. The molecule has 1 aromatic heterocycles. The topological polar surface area (TPSA) is 56.1 Å². The number of imidazole rings is 1. The Balaban J connectivity index is 1.95. The molecular formula is C17H29N3O2. The minimum absolute atomic E-state index is 0.0664. The highest BCUT2D eigenvalue weighted by Crippen LogP contribution is 2.28. The lowest BCUT2D eigenvalue weighted by atomic mass is 9.96. The summed E-state index contributed by atoms with van der Waals surface area (Å²) in [6.45, 7) is 2.88. The molecule has 1 heterocycles. The molecule has 1 amide bonds. The summed E-state index contributed by atoms with van der Waals surface area (Å²) in [4.78, 5) is 16.0. The van der Waals surface area contributed by atoms with Crippen LogP contribution in [0, 0.1) is 6.92 Å². The van der Waals surface area contributed by atoms with E-state index in [9.17, 15) is 4.79 Å². The molecule has 1 aliphatic carbocycles. The summed E-state index contributed by atoms with van der Waals surface area (Å²) < 4.78 is 7.23. The molecule has 1 aromatic rings. The number of nitrogens with one attached hydrogen (secondary N) is 1. The number of nitrogens with zero attached hydrogens (tertiary/aromatic N) is 2. The van der Waals surface area contributed by atoms with Crippen molar-refractivity contribution < 1.29 is 9.53 Å². The summed E-state index contributed by atoms with van der Waals surface area (Å²) in [5, 5.41) is 2.88. The van der Waals surface area contributed by atoms with E-state index in [0.717, 1.165) is 12.2 Å². The zero-order valence-corrected chi connectivity index (χ0v) is 13.9. The third kappa shape index (κ3) is 4.83. The van der Waals surface area contributed by atoms with E-state index in [0.29, 0.717) is 12.6 Å². The first-order valence-electron chi connectivity index (χ1n) is 8.50. The van der Waals surface area contributed by atoms with Crippen molar-refractivity contribution in [3.8, 4) is 0 Å². The van der Waals surface area contributed by atoms with Gasteiger partial charge in [-0.15, -0.1) is 0 Å². The van der Waals surface area contributed by atoms with Crippen LogP contribution in [0.3, 0.4) is 0 Å². The Hall–Kier alpha value is -1.36. The summed E-state index contributed by atoms with van der Waals surface area (Å²) in [6.07, 6.45) is 12.0. The van der Waals surface area contributed by atoms with E-state index in [1.165, 1.54) is 57.7 Å². The van der Waals surface area contributed by atoms with Crippen molar-refractivity contribution in [2.75, 3.05) is 20.3 Å². The zero-order valence-electron chi connectivity index (χ0n) is 13.9. The van der Waals surface area contributed by atoms with Gasteiger partial charge in [0.2, 0.25) is 5.91 Å². The van der Waals surface area contributed by atoms with Crippen LogP contribution in [0.2, 0.25) is 0 Å². The van der Waals surface area contributed by atoms with Gasteiger partial charge in [0.15, 0.2) is 0 Å². The maximum atomic E-state index is 11.4. The van der Waals surface area contributed by atoms with Gasteiger partial charge in [-0.05, 0) is 19.8 Å². The summed E-state index contributed by atoms with van der Waals surface area (Å²) in [6, 6.07) is 0.576. The number of aromatic nitrogens is 2. The standard InChI is InChI=1S/C17H29N3O2/c1-14-12-19-16(10-11-18-17(21)13-22-2)20(14)15-8-6-4-3-5-7-9-15/h12,15H,3-11,13H2,1-2H3,(H,18,21). The monoisotopic (exact) mass is 307 g/mol. The number of carbonyl (C=O) groups excluding carboxylic acids is 1. The molecule has 1 fully saturated rings. The molecule has 0 saturated heterocycles. The second-order valence-corrected chi connectivity index (χ2v) is 6.22. The van der Waals surface area contributed by atoms with E-state index in [1.54, 1.807) is 0 Å². The molecule has 0 spiro atoms. The van der Waals surface area contributed by atoms with Gasteiger partial charge < -0.3 is 14.6 Å². The van der Waals surface area contributed by atoms with Crippen molar-refractivity contribution in [3.05, 3.63) is 17.7 Å². The van der Waals surface area contributed by atoms with E-state index < -0.39 is 0 Å². The molecule has 0 unspecified atom stereocenters. The Bertz CT molecular complexity index is 462. The first kappa shape index (κ1) is 17.0. The number of rotatable bonds is 6. The third-order valence-electron chi connectivity index (χ3n) is 4.44. The largest absolute Gasteiger partial charge is 0.375 e. The van der Waals surface area contributed by atoms with Crippen LogP contribution in [-0.2, 0) is 16.0 Å². The van der Waals surface area contributed by atoms with Crippen LogP contribution >= 0.6 is 0 Å². The van der Waals surface area contributed by atoms with E-state index in [4.69, 9.17) is 4.74 Å². The van der Waals surface area contributed by atoms with Crippen molar-refractivity contribution in [2.24, 2.45) is 0 Å². The maximum absolute atomic E-state index is 11.4. The molecule has 2 rings (SSSR count). The fourth-order valence-electron chi connectivity index (χ4n) is 3.37. The Labute approximate surface area is 133 Å². The summed E-state index contributed by atoms with van der Waals surface area (Å²) in [7, 11) is 1.53. The number of methoxy groups -OCH3 is 1. The first-order chi connectivity index (χ1) is 10.7. The highest BCUT2D eigenvalue weighted by molar-refractivity contribution is 5.77. The number of amides is 1. The second kappa shape index (κ2) is 8.93. The summed E-state index contributed by atoms with van der Waals surface area (Å²) in [5.74, 6) is 1.03. The molecule has 1 aliphatic rings. The molecule has 22 heavy (non-hydrogen) atoms. The van der Waals surface area contributed by atoms with E-state index in [-0.39, 0.29) is 12.5 Å². The molecule has 0 atom stereocenters. The van der Waals surface area contributed by atoms with Gasteiger partial charge >= 0.3 is 0 Å². The van der Waals surface area contributed by atoms with Crippen LogP contribution in [0.15, 0.2) is 6.20 Å². The SMILES string of the molecule is COCC(=O)NCCc1ncc(C)n1C1CCCCCCC1. The van der Waals surface area contributed by atoms with Crippen molar-refractivity contribution in [2.45, 2.75) is 64.3 Å². The van der Waals surface area contributed by atoms with Gasteiger partial charge in [0.05, 0.1) is 0 Å². The highest BCUT2D eigenvalue weighted by Gasteiger charge is 2.18. The molecule has 0 aromatic carbocycles. The Morgan fingerprint density at radius 1 is 1.32 bits per heavy atom. The average Bonchev–Trinajstić information content (AvgIpc) is 2.81. The average molecular weight is 307 g/mol. The van der Waals surface area contributed by atoms with Crippen LogP contribution in [0.4, 0.5) is 0 Å². The Morgan fingerprint density at radius 3 is 2.68 bits per heavy atom. The van der Waals surface area contributed by atoms with E-state index >= 15 is 0 Å². The van der Waals surface area contributed by atoms with Gasteiger partial charge in [-0.3, -0.25) is 4.79 Å². The number of carbonyl (C=O) groups is 1. The molecular weight excluding hydrogens is 278 g/mol. The Morgan fingerprint density at radius 2 is 2.00 bits per heavy atom. The van der Waals surface area contributed by atoms with Gasteiger partial charge in [0.25, 0.3) is 0 Å². The maximum Gasteiger partial charge on any atom is 0.245 e. The Kier molecular flexibility index (Phi) is 6.90. The van der Waals surface area contributed by atoms with Crippen LogP contribution < -0.4 is 5.32 Å². The fourth-order valence-corrected chi connectivity index (χ4v) is 3.37. The lowest BCUT2D eigenvalue weighted by molar-refractivity contribution is -0.124. The third-order valence-corrected chi connectivity index (χ3v) is 4.44. The van der Waals surface area contributed by atoms with Crippen LogP contribution in [0.25, 0.3) is 0 Å². The molecule has 1 N–H and O–H groups in total. The van der Waals surface area contributed by atoms with Crippen LogP contribution in [-0.4, -0.2) is 35.7 Å². The zero-order chi connectivity index (χ0) is 15.8. The van der Waals surface area contributed by atoms with Gasteiger partial charge in [0.1, 0.15) is 12.4 Å². The molecule has 0 aliphatic heterocycles. The number of aryl methyl sites for hydroxylation is 1. The number of hydrogen-bond donors (Lipinski definition) is 1. The molecule has 5 heteroatoms. The van der Waals surface area contributed by atoms with Gasteiger partial charge in [0, 0.05) is 38.0 Å². The number of hydrogen-bond acceptors (Lipinski definition) is 3. The highest BCUT2D eigenvalue weighted by atomic mass is 16.5. The fraction of sp³-hybridized carbons (Fsp3) is 0.765. The number of ether oxygens (including phenoxy) is 1. The van der Waals surface area contributed by atoms with Gasteiger partial charge in [-0.25, -0.2) is 4.98 Å². The van der Waals surface area contributed by atoms with Crippen LogP contribution in [0.1, 0.15) is 62.5 Å². The molecule has 1 saturated carbocycles. The first-order valence-corrected chi connectivity index (χ1v) is 8.50. The predicted octanol–water partition coefficient (Wildman–Crippen LogP) is 2.78. The summed E-state index contributed by atoms with van der Waals surface area (Å²) in [5.41, 5.74) is 1.24. The molecule has 0 radical (unpaired) electrons. The summed E-state index contributed by atoms with van der Waals surface area (Å²) >= 11 is 0. The predicted molar refractivity (Wildman–Crippen MR) is 86.9 cm³/mol. The normalized spacial score (nSPS) is 17.0. The van der Waals surface area contributed by atoms with Gasteiger partial charge in [-0.1, -0.05) is 32.1 Å². The minimum Gasteiger partial charge on any atom is -0.375 e.